The van der Waals surface area contributed by atoms with Crippen LogP contribution in [0.3, 0.4) is 0 Å². The van der Waals surface area contributed by atoms with Crippen LogP contribution in [-0.4, -0.2) is 124 Å². The number of nitrogens with zero attached hydrogens (tertiary/aromatic N) is 5. The van der Waals surface area contributed by atoms with Crippen molar-refractivity contribution in [3.05, 3.63) is 41.7 Å². The molecule has 2 saturated heterocycles. The number of aldehydes is 1. The molecule has 0 saturated carbocycles. The molecule has 2 aromatic heterocycles. The number of aromatic nitrogens is 2. The molecule has 0 amide bonds. The first kappa shape index (κ1) is 38.7. The normalized spacial score (nSPS) is 17.0. The highest BCUT2D eigenvalue weighted by molar-refractivity contribution is 5.95. The Hall–Kier alpha value is -3.55. The molecule has 1 aromatic carbocycles. The van der Waals surface area contributed by atoms with Crippen LogP contribution in [0.1, 0.15) is 57.9 Å². The van der Waals surface area contributed by atoms with Crippen LogP contribution >= 0.6 is 0 Å². The van der Waals surface area contributed by atoms with Crippen LogP contribution in [0.2, 0.25) is 0 Å². The molecule has 2 fully saturated rings. The van der Waals surface area contributed by atoms with Gasteiger partial charge in [0.15, 0.2) is 0 Å². The number of likely N-dealkylation sites (N-methyl/N-ethyl adjacent to an activating group) is 1. The van der Waals surface area contributed by atoms with Gasteiger partial charge in [-0.3, -0.25) is 14.7 Å². The maximum absolute atomic E-state index is 11.4. The molecule has 0 aliphatic carbocycles. The fourth-order valence-corrected chi connectivity index (χ4v) is 7.53. The van der Waals surface area contributed by atoms with Crippen molar-refractivity contribution in [2.45, 2.75) is 71.7 Å². The Balaban J connectivity index is 1.63. The first-order valence-corrected chi connectivity index (χ1v) is 18.5. The van der Waals surface area contributed by atoms with Gasteiger partial charge in [-0.15, -0.1) is 0 Å². The molecular formula is C39H58N6O6. The number of pyridine rings is 1. The minimum absolute atomic E-state index is 0.0186. The fraction of sp³-hybridized carbons (Fsp3) is 0.615. The zero-order valence-corrected chi connectivity index (χ0v) is 31.4. The molecule has 0 spiro atoms. The number of methoxy groups -OCH3 is 1. The predicted molar refractivity (Wildman–Crippen MR) is 202 cm³/mol. The van der Waals surface area contributed by atoms with Crippen LogP contribution in [-0.2, 0) is 36.8 Å². The summed E-state index contributed by atoms with van der Waals surface area (Å²) in [4.78, 5) is 35.0. The first-order chi connectivity index (χ1) is 24.7. The smallest absolute Gasteiger partial charge is 0.293 e. The Bertz CT molecular complexity index is 1600. The van der Waals surface area contributed by atoms with Crippen molar-refractivity contribution in [2.24, 2.45) is 5.41 Å². The number of aryl methyl sites for hydroxylation is 1. The van der Waals surface area contributed by atoms with E-state index < -0.39 is 0 Å². The van der Waals surface area contributed by atoms with Crippen molar-refractivity contribution in [1.29, 1.82) is 0 Å². The number of benzene rings is 1. The van der Waals surface area contributed by atoms with Gasteiger partial charge in [-0.1, -0.05) is 13.8 Å². The lowest BCUT2D eigenvalue weighted by atomic mass is 9.84. The average Bonchev–Trinajstić information content (AvgIpc) is 3.42. The Morgan fingerprint density at radius 2 is 1.92 bits per heavy atom. The topological polar surface area (TPSA) is 122 Å². The number of aliphatic hydroxyl groups excluding tert-OH is 1. The van der Waals surface area contributed by atoms with Gasteiger partial charge in [-0.25, -0.2) is 0 Å². The van der Waals surface area contributed by atoms with E-state index in [1.54, 1.807) is 14.2 Å². The number of anilines is 2. The van der Waals surface area contributed by atoms with Gasteiger partial charge in [0.05, 0.1) is 67.9 Å². The highest BCUT2D eigenvalue weighted by Crippen LogP contribution is 2.43. The summed E-state index contributed by atoms with van der Waals surface area (Å²) in [5.41, 5.74) is 7.02. The third-order valence-corrected chi connectivity index (χ3v) is 10.6. The summed E-state index contributed by atoms with van der Waals surface area (Å²) in [5, 5.41) is 14.2. The molecule has 2 aliphatic heterocycles. The number of fused-ring (bicyclic) bond motifs is 1. The molecule has 12 nitrogen and oxygen atoms in total. The molecule has 0 radical (unpaired) electrons. The zero-order chi connectivity index (χ0) is 36.5. The molecule has 12 heteroatoms. The van der Waals surface area contributed by atoms with Crippen molar-refractivity contribution in [1.82, 2.24) is 19.8 Å². The Labute approximate surface area is 303 Å². The van der Waals surface area contributed by atoms with E-state index >= 15 is 0 Å². The van der Waals surface area contributed by atoms with E-state index in [2.05, 4.69) is 69.6 Å². The summed E-state index contributed by atoms with van der Waals surface area (Å²) in [6.07, 6.45) is 4.86. The summed E-state index contributed by atoms with van der Waals surface area (Å²) in [6.45, 7) is 16.7. The number of hydrogen-bond acceptors (Lipinski definition) is 11. The lowest BCUT2D eigenvalue weighted by molar-refractivity contribution is -0.131. The molecule has 280 valence electrons. The van der Waals surface area contributed by atoms with E-state index in [0.29, 0.717) is 38.4 Å². The quantitative estimate of drug-likeness (QED) is 0.166. The SMILES string of the molecule is CCn1c(-c2cc(N3CCN(C4COC4)CC3)cnc2C(C)OC)c(CC(C)(C)COC=O)c2cc(N(CCO)CCCC(C=O)NC)ccc21. The molecule has 5 rings (SSSR count). The van der Waals surface area contributed by atoms with E-state index in [1.807, 2.05) is 13.1 Å². The first-order valence-electron chi connectivity index (χ1n) is 18.5. The van der Waals surface area contributed by atoms with Gasteiger partial charge in [0.1, 0.15) is 6.29 Å². The number of carbonyl (C=O) groups is 2. The summed E-state index contributed by atoms with van der Waals surface area (Å²) >= 11 is 0. The Kier molecular flexibility index (Phi) is 13.5. The van der Waals surface area contributed by atoms with Crippen LogP contribution in [0, 0.1) is 5.41 Å². The maximum Gasteiger partial charge on any atom is 0.293 e. The molecule has 0 bridgehead atoms. The molecule has 2 atom stereocenters. The summed E-state index contributed by atoms with van der Waals surface area (Å²) in [6, 6.07) is 9.18. The number of piperazine rings is 1. The van der Waals surface area contributed by atoms with Crippen molar-refractivity contribution in [3.8, 4) is 11.3 Å². The average molecular weight is 707 g/mol. The van der Waals surface area contributed by atoms with E-state index in [4.69, 9.17) is 19.2 Å². The number of aliphatic hydroxyl groups is 1. The second-order valence-electron chi connectivity index (χ2n) is 14.6. The Morgan fingerprint density at radius 1 is 1.16 bits per heavy atom. The molecule has 2 unspecified atom stereocenters. The largest absolute Gasteiger partial charge is 0.467 e. The Morgan fingerprint density at radius 3 is 2.53 bits per heavy atom. The van der Waals surface area contributed by atoms with E-state index in [0.717, 1.165) is 103 Å². The lowest BCUT2D eigenvalue weighted by Crippen LogP contribution is -2.56. The standard InChI is InChI=1S/C39H58N6O6/c1-7-45-36-11-10-30(42(17-18-46)12-8-9-29(23-47)40-5)19-33(36)35(21-39(3,4)26-51-27-48)38(45)34-20-31(22-41-37(34)28(2)49-6)43-13-15-44(16-14-43)32-24-50-25-32/h10-11,19-20,22-23,27-29,32,40,46H,7-9,12-18,21,24-26H2,1-6H3. The summed E-state index contributed by atoms with van der Waals surface area (Å²) in [5.74, 6) is 0. The number of hydrogen-bond donors (Lipinski definition) is 2. The highest BCUT2D eigenvalue weighted by Gasteiger charge is 2.32. The third kappa shape index (κ3) is 8.92. The van der Waals surface area contributed by atoms with Crippen molar-refractivity contribution >= 4 is 35.0 Å². The second-order valence-corrected chi connectivity index (χ2v) is 14.6. The van der Waals surface area contributed by atoms with E-state index in [1.165, 1.54) is 0 Å². The zero-order valence-electron chi connectivity index (χ0n) is 31.4. The van der Waals surface area contributed by atoms with Crippen LogP contribution in [0.25, 0.3) is 22.2 Å². The lowest BCUT2D eigenvalue weighted by Gasteiger charge is -2.43. The van der Waals surface area contributed by atoms with Gasteiger partial charge in [-0.2, -0.15) is 0 Å². The predicted octanol–water partition coefficient (Wildman–Crippen LogP) is 4.06. The molecule has 3 aromatic rings. The maximum atomic E-state index is 11.4. The summed E-state index contributed by atoms with van der Waals surface area (Å²) < 4.78 is 19.1. The second kappa shape index (κ2) is 17.8. The number of carbonyl (C=O) groups excluding carboxylic acids is 2. The molecule has 51 heavy (non-hydrogen) atoms. The van der Waals surface area contributed by atoms with E-state index in [-0.39, 0.29) is 30.8 Å². The monoisotopic (exact) mass is 706 g/mol. The van der Waals surface area contributed by atoms with Gasteiger partial charge in [0, 0.05) is 80.5 Å². The van der Waals surface area contributed by atoms with Gasteiger partial charge >= 0.3 is 0 Å². The van der Waals surface area contributed by atoms with Crippen LogP contribution in [0.4, 0.5) is 11.4 Å². The van der Waals surface area contributed by atoms with Gasteiger partial charge in [0.25, 0.3) is 6.47 Å². The number of rotatable bonds is 20. The molecular weight excluding hydrogens is 648 g/mol. The van der Waals surface area contributed by atoms with Crippen molar-refractivity contribution < 1.29 is 28.9 Å². The summed E-state index contributed by atoms with van der Waals surface area (Å²) in [7, 11) is 3.52. The van der Waals surface area contributed by atoms with Gasteiger partial charge < -0.3 is 43.8 Å². The third-order valence-electron chi connectivity index (χ3n) is 10.6. The fourth-order valence-electron chi connectivity index (χ4n) is 7.53. The minimum atomic E-state index is -0.361. The van der Waals surface area contributed by atoms with E-state index in [9.17, 15) is 14.7 Å². The van der Waals surface area contributed by atoms with Gasteiger partial charge in [-0.05, 0) is 70.0 Å². The number of ether oxygens (including phenoxy) is 3. The van der Waals surface area contributed by atoms with Crippen molar-refractivity contribution in [2.75, 3.05) is 89.7 Å². The molecule has 2 aliphatic rings. The van der Waals surface area contributed by atoms with Crippen LogP contribution in [0.5, 0.6) is 0 Å². The molecule has 4 heterocycles. The van der Waals surface area contributed by atoms with Crippen LogP contribution < -0.4 is 15.1 Å². The highest BCUT2D eigenvalue weighted by atomic mass is 16.5. The van der Waals surface area contributed by atoms with Crippen LogP contribution in [0.15, 0.2) is 30.5 Å². The van der Waals surface area contributed by atoms with Crippen molar-refractivity contribution in [3.63, 3.8) is 0 Å². The number of nitrogens with one attached hydrogen (secondary N) is 1. The molecule has 2 N–H and O–H groups in total. The van der Waals surface area contributed by atoms with Gasteiger partial charge in [0.2, 0.25) is 0 Å². The minimum Gasteiger partial charge on any atom is -0.467 e.